The highest BCUT2D eigenvalue weighted by molar-refractivity contribution is 5.97. The molecule has 0 amide bonds. The number of benzene rings is 1. The maximum atomic E-state index is 14.4. The third-order valence-corrected chi connectivity index (χ3v) is 5.25. The van der Waals surface area contributed by atoms with E-state index in [1.54, 1.807) is 0 Å². The molecule has 0 aliphatic heterocycles. The molecule has 0 bridgehead atoms. The number of ether oxygens (including phenoxy) is 1. The summed E-state index contributed by atoms with van der Waals surface area (Å²) in [7, 11) is 0. The van der Waals surface area contributed by atoms with E-state index in [0.717, 1.165) is 25.7 Å². The number of alkyl halides is 5. The molecule has 1 aliphatic rings. The number of carbonyl (C=O) groups excluding carboxylic acids is 1. The van der Waals surface area contributed by atoms with Gasteiger partial charge in [-0.25, -0.2) is 4.39 Å². The lowest BCUT2D eigenvalue weighted by molar-refractivity contribution is -0.186. The van der Waals surface area contributed by atoms with Gasteiger partial charge in [0.2, 0.25) is 0 Å². The fourth-order valence-corrected chi connectivity index (χ4v) is 3.54. The van der Waals surface area contributed by atoms with Gasteiger partial charge >= 0.3 is 12.3 Å². The Balaban J connectivity index is 2.17. The monoisotopic (exact) mass is 410 g/mol. The van der Waals surface area contributed by atoms with Crippen molar-refractivity contribution in [2.45, 2.75) is 71.1 Å². The average Bonchev–Trinajstić information content (AvgIpc) is 2.61. The summed E-state index contributed by atoms with van der Waals surface area (Å²) in [5, 5.41) is 0. The minimum absolute atomic E-state index is 0.103. The van der Waals surface area contributed by atoms with Gasteiger partial charge in [0.15, 0.2) is 17.3 Å². The van der Waals surface area contributed by atoms with Gasteiger partial charge in [0.1, 0.15) is 5.56 Å². The van der Waals surface area contributed by atoms with Crippen molar-refractivity contribution in [2.75, 3.05) is 0 Å². The summed E-state index contributed by atoms with van der Waals surface area (Å²) < 4.78 is 86.6. The topological polar surface area (TPSA) is 26.3 Å². The van der Waals surface area contributed by atoms with Crippen LogP contribution < -0.4 is 4.74 Å². The second-order valence-electron chi connectivity index (χ2n) is 7.48. The van der Waals surface area contributed by atoms with Gasteiger partial charge in [0.25, 0.3) is 0 Å². The van der Waals surface area contributed by atoms with Crippen LogP contribution in [-0.2, 0) is 6.18 Å². The third kappa shape index (κ3) is 5.64. The van der Waals surface area contributed by atoms with Crippen LogP contribution in [0.15, 0.2) is 12.1 Å². The SMILES string of the molecule is CCC(=O)c1ccc(OC(F)(F)CCC2CCC(C)CC2)c(F)c1C(F)(F)F. The van der Waals surface area contributed by atoms with Crippen LogP contribution in [0.1, 0.15) is 74.7 Å². The number of hydrogen-bond acceptors (Lipinski definition) is 2. The van der Waals surface area contributed by atoms with Crippen LogP contribution in [0.25, 0.3) is 0 Å². The quantitative estimate of drug-likeness (QED) is 0.357. The highest BCUT2D eigenvalue weighted by Crippen LogP contribution is 2.40. The molecule has 0 heterocycles. The predicted molar refractivity (Wildman–Crippen MR) is 92.0 cm³/mol. The summed E-state index contributed by atoms with van der Waals surface area (Å²) in [5.41, 5.74) is -2.76. The Morgan fingerprint density at radius 1 is 1.11 bits per heavy atom. The molecule has 1 aromatic rings. The smallest absolute Gasteiger partial charge is 0.420 e. The number of halogens is 6. The molecule has 0 radical (unpaired) electrons. The van der Waals surface area contributed by atoms with Crippen LogP contribution in [0, 0.1) is 17.7 Å². The van der Waals surface area contributed by atoms with E-state index < -0.39 is 47.2 Å². The third-order valence-electron chi connectivity index (χ3n) is 5.25. The summed E-state index contributed by atoms with van der Waals surface area (Å²) in [4.78, 5) is 11.7. The van der Waals surface area contributed by atoms with E-state index in [0.29, 0.717) is 18.1 Å². The van der Waals surface area contributed by atoms with Crippen LogP contribution in [0.3, 0.4) is 0 Å². The summed E-state index contributed by atoms with van der Waals surface area (Å²) in [6.45, 7) is 3.42. The van der Waals surface area contributed by atoms with Crippen molar-refractivity contribution >= 4 is 5.78 Å². The molecule has 1 aliphatic carbocycles. The Bertz CT molecular complexity index is 691. The van der Waals surface area contributed by atoms with Gasteiger partial charge < -0.3 is 4.74 Å². The molecule has 0 saturated heterocycles. The van der Waals surface area contributed by atoms with Gasteiger partial charge in [-0.2, -0.15) is 22.0 Å². The Kier molecular flexibility index (Phi) is 7.04. The predicted octanol–water partition coefficient (Wildman–Crippen LogP) is 7.02. The Hall–Kier alpha value is -1.73. The van der Waals surface area contributed by atoms with E-state index in [4.69, 9.17) is 0 Å². The minimum Gasteiger partial charge on any atom is -0.429 e. The number of rotatable bonds is 7. The molecule has 28 heavy (non-hydrogen) atoms. The number of Topliss-reactive ketones (excluding diaryl/α,β-unsaturated/α-hetero) is 1. The lowest BCUT2D eigenvalue weighted by Crippen LogP contribution is -2.27. The van der Waals surface area contributed by atoms with Crippen LogP contribution in [0.2, 0.25) is 0 Å². The van der Waals surface area contributed by atoms with E-state index in [2.05, 4.69) is 11.7 Å². The first-order valence-electron chi connectivity index (χ1n) is 9.44. The van der Waals surface area contributed by atoms with Crippen LogP contribution in [-0.4, -0.2) is 11.9 Å². The van der Waals surface area contributed by atoms with Gasteiger partial charge in [-0.05, 0) is 30.4 Å². The zero-order valence-corrected chi connectivity index (χ0v) is 15.8. The van der Waals surface area contributed by atoms with E-state index in [-0.39, 0.29) is 18.8 Å². The summed E-state index contributed by atoms with van der Waals surface area (Å²) in [6.07, 6.45) is -6.31. The maximum Gasteiger partial charge on any atom is 0.420 e. The van der Waals surface area contributed by atoms with Crippen molar-refractivity contribution < 1.29 is 35.9 Å². The first-order chi connectivity index (χ1) is 12.9. The molecule has 0 unspecified atom stereocenters. The first kappa shape index (κ1) is 22.6. The molecule has 8 heteroatoms. The molecule has 1 saturated carbocycles. The van der Waals surface area contributed by atoms with Crippen molar-refractivity contribution in [1.82, 2.24) is 0 Å². The first-order valence-corrected chi connectivity index (χ1v) is 9.44. The van der Waals surface area contributed by atoms with Crippen LogP contribution in [0.5, 0.6) is 5.75 Å². The van der Waals surface area contributed by atoms with Gasteiger partial charge in [0, 0.05) is 12.0 Å². The normalized spacial score (nSPS) is 20.9. The molecule has 0 spiro atoms. The summed E-state index contributed by atoms with van der Waals surface area (Å²) in [5.74, 6) is -3.46. The van der Waals surface area contributed by atoms with Gasteiger partial charge in [-0.3, -0.25) is 4.79 Å². The Morgan fingerprint density at radius 2 is 1.71 bits per heavy atom. The zero-order chi connectivity index (χ0) is 21.1. The lowest BCUT2D eigenvalue weighted by atomic mass is 9.81. The molecule has 158 valence electrons. The number of ketones is 1. The Labute approximate surface area is 160 Å². The minimum atomic E-state index is -5.21. The van der Waals surface area contributed by atoms with Crippen LogP contribution in [0.4, 0.5) is 26.3 Å². The second-order valence-corrected chi connectivity index (χ2v) is 7.48. The molecular formula is C20H24F6O2. The van der Waals surface area contributed by atoms with Crippen molar-refractivity contribution in [2.24, 2.45) is 11.8 Å². The van der Waals surface area contributed by atoms with Crippen molar-refractivity contribution in [3.8, 4) is 5.75 Å². The molecule has 1 fully saturated rings. The molecule has 0 N–H and O–H groups in total. The fourth-order valence-electron chi connectivity index (χ4n) is 3.54. The van der Waals surface area contributed by atoms with E-state index in [1.165, 1.54) is 6.92 Å². The zero-order valence-electron chi connectivity index (χ0n) is 15.8. The molecule has 0 atom stereocenters. The van der Waals surface area contributed by atoms with Gasteiger partial charge in [-0.15, -0.1) is 0 Å². The lowest BCUT2D eigenvalue weighted by Gasteiger charge is -2.27. The highest BCUT2D eigenvalue weighted by atomic mass is 19.4. The molecule has 2 nitrogen and oxygen atoms in total. The fraction of sp³-hybridized carbons (Fsp3) is 0.650. The van der Waals surface area contributed by atoms with Crippen molar-refractivity contribution in [3.63, 3.8) is 0 Å². The van der Waals surface area contributed by atoms with Gasteiger partial charge in [-0.1, -0.05) is 39.5 Å². The maximum absolute atomic E-state index is 14.4. The van der Waals surface area contributed by atoms with Gasteiger partial charge in [0.05, 0.1) is 6.42 Å². The summed E-state index contributed by atoms with van der Waals surface area (Å²) in [6, 6.07) is 1.34. The second kappa shape index (κ2) is 8.74. The van der Waals surface area contributed by atoms with Crippen molar-refractivity contribution in [1.29, 1.82) is 0 Å². The molecule has 2 rings (SSSR count). The van der Waals surface area contributed by atoms with E-state index >= 15 is 0 Å². The average molecular weight is 410 g/mol. The number of carbonyl (C=O) groups is 1. The Morgan fingerprint density at radius 3 is 2.25 bits per heavy atom. The summed E-state index contributed by atoms with van der Waals surface area (Å²) >= 11 is 0. The molecular weight excluding hydrogens is 386 g/mol. The highest BCUT2D eigenvalue weighted by Gasteiger charge is 2.41. The molecule has 0 aromatic heterocycles. The number of hydrogen-bond donors (Lipinski definition) is 0. The largest absolute Gasteiger partial charge is 0.429 e. The van der Waals surface area contributed by atoms with E-state index in [9.17, 15) is 31.1 Å². The van der Waals surface area contributed by atoms with E-state index in [1.807, 2.05) is 0 Å². The standard InChI is InChI=1S/C20H24F6O2/c1-3-15(27)14-8-9-16(18(21)17(14)20(24,25)26)28-19(22,23)11-10-13-6-4-12(2)5-7-13/h8-9,12-13H,3-7,10-11H2,1-2H3. The van der Waals surface area contributed by atoms with Crippen molar-refractivity contribution in [3.05, 3.63) is 29.1 Å². The van der Waals surface area contributed by atoms with Crippen LogP contribution >= 0.6 is 0 Å². The molecule has 1 aromatic carbocycles.